The third kappa shape index (κ3) is 3.33. The molecule has 1 fully saturated rings. The van der Waals surface area contributed by atoms with Crippen LogP contribution in [0.3, 0.4) is 0 Å². The number of nitrogens with zero attached hydrogens (tertiary/aromatic N) is 1. The number of furan rings is 1. The summed E-state index contributed by atoms with van der Waals surface area (Å²) < 4.78 is 6.95. The van der Waals surface area contributed by atoms with Gasteiger partial charge in [0.1, 0.15) is 16.4 Å². The topological polar surface area (TPSA) is 64.1 Å². The number of pyridine rings is 1. The van der Waals surface area contributed by atoms with Crippen LogP contribution < -0.4 is 11.1 Å². The lowest BCUT2D eigenvalue weighted by Gasteiger charge is -2.07. The van der Waals surface area contributed by atoms with Crippen molar-refractivity contribution in [3.8, 4) is 0 Å². The summed E-state index contributed by atoms with van der Waals surface area (Å²) >= 11 is 11.5. The molecule has 3 heterocycles. The van der Waals surface area contributed by atoms with Crippen LogP contribution in [0.4, 0.5) is 5.69 Å². The first-order valence-electron chi connectivity index (χ1n) is 7.91. The van der Waals surface area contributed by atoms with Crippen LogP contribution in [0, 0.1) is 5.92 Å². The first-order valence-corrected chi connectivity index (χ1v) is 9.96. The molecule has 4 nitrogen and oxygen atoms in total. The Morgan fingerprint density at radius 3 is 3.04 bits per heavy atom. The highest BCUT2D eigenvalue weighted by atomic mass is 79.9. The minimum absolute atomic E-state index is 0.139. The van der Waals surface area contributed by atoms with Gasteiger partial charge in [-0.2, -0.15) is 0 Å². The SMILES string of the molecule is N[C@H](Cc1oc2c(NCc3cccs3)cc(Cl)nc2c1Br)C1CC1. The monoisotopic (exact) mass is 425 g/mol. The van der Waals surface area contributed by atoms with Crippen molar-refractivity contribution in [3.05, 3.63) is 43.8 Å². The normalized spacial score (nSPS) is 15.8. The molecule has 7 heteroatoms. The van der Waals surface area contributed by atoms with Crippen molar-refractivity contribution >= 4 is 55.7 Å². The maximum Gasteiger partial charge on any atom is 0.177 e. The number of fused-ring (bicyclic) bond motifs is 1. The van der Waals surface area contributed by atoms with Crippen molar-refractivity contribution in [2.45, 2.75) is 31.8 Å². The highest BCUT2D eigenvalue weighted by Gasteiger charge is 2.30. The van der Waals surface area contributed by atoms with E-state index in [0.29, 0.717) is 17.5 Å². The molecule has 0 aliphatic heterocycles. The van der Waals surface area contributed by atoms with E-state index in [4.69, 9.17) is 21.8 Å². The van der Waals surface area contributed by atoms with E-state index >= 15 is 0 Å². The maximum atomic E-state index is 6.25. The molecule has 0 aromatic carbocycles. The van der Waals surface area contributed by atoms with E-state index in [0.717, 1.165) is 33.6 Å². The van der Waals surface area contributed by atoms with Gasteiger partial charge in [0.05, 0.1) is 10.2 Å². The van der Waals surface area contributed by atoms with Crippen LogP contribution in [0.5, 0.6) is 0 Å². The zero-order chi connectivity index (χ0) is 16.7. The predicted molar refractivity (Wildman–Crippen MR) is 103 cm³/mol. The molecule has 3 aromatic rings. The molecule has 24 heavy (non-hydrogen) atoms. The molecule has 0 radical (unpaired) electrons. The van der Waals surface area contributed by atoms with E-state index in [2.05, 4.69) is 37.7 Å². The molecule has 1 aliphatic rings. The summed E-state index contributed by atoms with van der Waals surface area (Å²) in [5.74, 6) is 1.47. The van der Waals surface area contributed by atoms with Gasteiger partial charge in [-0.1, -0.05) is 17.7 Å². The lowest BCUT2D eigenvalue weighted by molar-refractivity contribution is 0.489. The summed E-state index contributed by atoms with van der Waals surface area (Å²) in [6.07, 6.45) is 3.15. The molecule has 1 aliphatic carbocycles. The average molecular weight is 427 g/mol. The third-order valence-electron chi connectivity index (χ3n) is 4.30. The van der Waals surface area contributed by atoms with E-state index in [1.165, 1.54) is 17.7 Å². The Morgan fingerprint density at radius 2 is 2.33 bits per heavy atom. The van der Waals surface area contributed by atoms with Gasteiger partial charge in [-0.3, -0.25) is 0 Å². The van der Waals surface area contributed by atoms with E-state index in [1.807, 2.05) is 6.07 Å². The van der Waals surface area contributed by atoms with Crippen LogP contribution in [0.1, 0.15) is 23.5 Å². The first-order chi connectivity index (χ1) is 11.6. The molecule has 3 aromatic heterocycles. The Bertz CT molecular complexity index is 860. The van der Waals surface area contributed by atoms with Gasteiger partial charge in [-0.05, 0) is 46.1 Å². The fourth-order valence-corrected chi connectivity index (χ4v) is 4.17. The van der Waals surface area contributed by atoms with Gasteiger partial charge >= 0.3 is 0 Å². The van der Waals surface area contributed by atoms with Gasteiger partial charge < -0.3 is 15.5 Å². The number of hydrogen-bond acceptors (Lipinski definition) is 5. The summed E-state index contributed by atoms with van der Waals surface area (Å²) in [5, 5.41) is 5.90. The van der Waals surface area contributed by atoms with E-state index in [-0.39, 0.29) is 6.04 Å². The standard InChI is InChI=1S/C17H17BrClN3OS/c18-15-13(6-11(20)9-3-4-9)23-17-12(7-14(19)22-16(15)17)21-8-10-2-1-5-24-10/h1-2,5,7,9,11H,3-4,6,8,20H2,(H,21,22)/t11-/m1/s1. The van der Waals surface area contributed by atoms with Crippen molar-refractivity contribution in [2.75, 3.05) is 5.32 Å². The Morgan fingerprint density at radius 1 is 1.50 bits per heavy atom. The number of nitrogens with two attached hydrogens (primary N) is 1. The smallest absolute Gasteiger partial charge is 0.177 e. The zero-order valence-corrected chi connectivity index (χ0v) is 16.0. The molecule has 3 N–H and O–H groups in total. The maximum absolute atomic E-state index is 6.25. The number of halogens is 2. The fourth-order valence-electron chi connectivity index (χ4n) is 2.82. The molecule has 4 rings (SSSR count). The van der Waals surface area contributed by atoms with Crippen molar-refractivity contribution in [3.63, 3.8) is 0 Å². The predicted octanol–water partition coefficient (Wildman–Crippen LogP) is 5.20. The molecule has 126 valence electrons. The number of anilines is 1. The van der Waals surface area contributed by atoms with Gasteiger partial charge in [0.2, 0.25) is 0 Å². The fraction of sp³-hybridized carbons (Fsp3) is 0.353. The Labute approximate surface area is 157 Å². The summed E-state index contributed by atoms with van der Waals surface area (Å²) in [7, 11) is 0. The van der Waals surface area contributed by atoms with E-state index in [1.54, 1.807) is 17.4 Å². The number of hydrogen-bond donors (Lipinski definition) is 2. The molecule has 0 amide bonds. The van der Waals surface area contributed by atoms with Crippen LogP contribution in [-0.2, 0) is 13.0 Å². The second-order valence-corrected chi connectivity index (χ2v) is 8.36. The van der Waals surface area contributed by atoms with Gasteiger partial charge in [0.25, 0.3) is 0 Å². The number of thiophene rings is 1. The lowest BCUT2D eigenvalue weighted by Crippen LogP contribution is -2.24. The molecule has 1 atom stereocenters. The summed E-state index contributed by atoms with van der Waals surface area (Å²) in [6.45, 7) is 0.725. The number of rotatable bonds is 6. The van der Waals surface area contributed by atoms with Crippen molar-refractivity contribution < 1.29 is 4.42 Å². The molecule has 0 bridgehead atoms. The van der Waals surface area contributed by atoms with Crippen LogP contribution >= 0.6 is 38.9 Å². The molecular weight excluding hydrogens is 410 g/mol. The second-order valence-electron chi connectivity index (χ2n) is 6.15. The van der Waals surface area contributed by atoms with Crippen LogP contribution in [-0.4, -0.2) is 11.0 Å². The van der Waals surface area contributed by atoms with Crippen LogP contribution in [0.15, 0.2) is 32.5 Å². The quantitative estimate of drug-likeness (QED) is 0.532. The molecular formula is C17H17BrClN3OS. The van der Waals surface area contributed by atoms with E-state index in [9.17, 15) is 0 Å². The summed E-state index contributed by atoms with van der Waals surface area (Å²) in [5.41, 5.74) is 8.57. The Kier molecular flexibility index (Phi) is 4.56. The highest BCUT2D eigenvalue weighted by molar-refractivity contribution is 9.10. The van der Waals surface area contributed by atoms with Gasteiger partial charge in [0, 0.05) is 30.0 Å². The zero-order valence-electron chi connectivity index (χ0n) is 12.9. The van der Waals surface area contributed by atoms with E-state index < -0.39 is 0 Å². The minimum atomic E-state index is 0.139. The first kappa shape index (κ1) is 16.4. The minimum Gasteiger partial charge on any atom is -0.456 e. The Hall–Kier alpha value is -1.08. The molecule has 1 saturated carbocycles. The highest BCUT2D eigenvalue weighted by Crippen LogP contribution is 2.39. The summed E-state index contributed by atoms with van der Waals surface area (Å²) in [6, 6.07) is 6.07. The molecule has 0 spiro atoms. The van der Waals surface area contributed by atoms with Gasteiger partial charge in [0.15, 0.2) is 5.58 Å². The van der Waals surface area contributed by atoms with Crippen LogP contribution in [0.2, 0.25) is 5.15 Å². The van der Waals surface area contributed by atoms with Crippen molar-refractivity contribution in [1.29, 1.82) is 0 Å². The molecule has 0 unspecified atom stereocenters. The van der Waals surface area contributed by atoms with Crippen molar-refractivity contribution in [1.82, 2.24) is 4.98 Å². The lowest BCUT2D eigenvalue weighted by atomic mass is 10.1. The third-order valence-corrected chi connectivity index (χ3v) is 6.19. The van der Waals surface area contributed by atoms with Gasteiger partial charge in [-0.15, -0.1) is 11.3 Å². The van der Waals surface area contributed by atoms with Crippen LogP contribution in [0.25, 0.3) is 11.1 Å². The number of aromatic nitrogens is 1. The van der Waals surface area contributed by atoms with Crippen molar-refractivity contribution in [2.24, 2.45) is 11.7 Å². The largest absolute Gasteiger partial charge is 0.456 e. The average Bonchev–Trinajstić information content (AvgIpc) is 3.21. The Balaban J connectivity index is 1.65. The number of nitrogens with one attached hydrogen (secondary N) is 1. The summed E-state index contributed by atoms with van der Waals surface area (Å²) in [4.78, 5) is 5.66. The van der Waals surface area contributed by atoms with Gasteiger partial charge in [-0.25, -0.2) is 4.98 Å². The molecule has 0 saturated heterocycles. The second kappa shape index (κ2) is 6.67.